The second-order valence-electron chi connectivity index (χ2n) is 17.3. The van der Waals surface area contributed by atoms with Crippen molar-refractivity contribution in [3.05, 3.63) is 72.5 Å². The van der Waals surface area contributed by atoms with Gasteiger partial charge in [-0.3, -0.25) is 0 Å². The molecule has 318 valence electrons. The summed E-state index contributed by atoms with van der Waals surface area (Å²) in [4.78, 5) is 2.37. The van der Waals surface area contributed by atoms with E-state index in [0.717, 1.165) is 36.2 Å². The van der Waals surface area contributed by atoms with Crippen molar-refractivity contribution in [2.75, 3.05) is 11.4 Å². The summed E-state index contributed by atoms with van der Waals surface area (Å²) in [6, 6.07) is 16.9. The Morgan fingerprint density at radius 3 is 1.46 bits per heavy atom. The zero-order valence-electron chi connectivity index (χ0n) is 37.1. The number of allylic oxidation sites excluding steroid dienone is 2. The highest BCUT2D eigenvalue weighted by Gasteiger charge is 2.25. The van der Waals surface area contributed by atoms with Gasteiger partial charge in [-0.2, -0.15) is 4.57 Å². The summed E-state index contributed by atoms with van der Waals surface area (Å²) in [7, 11) is 0. The summed E-state index contributed by atoms with van der Waals surface area (Å²) < 4.78 is 15.1. The molecular formula is C53H85N2O2+. The molecule has 2 heterocycles. The van der Waals surface area contributed by atoms with Gasteiger partial charge in [-0.25, -0.2) is 0 Å². The van der Waals surface area contributed by atoms with Crippen LogP contribution < -0.4 is 14.2 Å². The van der Waals surface area contributed by atoms with Gasteiger partial charge in [0, 0.05) is 19.0 Å². The zero-order chi connectivity index (χ0) is 39.9. The fourth-order valence-electron chi connectivity index (χ4n) is 8.66. The highest BCUT2D eigenvalue weighted by Crippen LogP contribution is 2.39. The molecule has 0 atom stereocenters. The molecule has 1 aliphatic rings. The first-order valence-corrected chi connectivity index (χ1v) is 24.7. The SMILES string of the molecule is CCCCCCCCCCCCCCCCCCN1/C(=C\C=C\c2oc3ccccc3[n+]2CCCCCCCCCCCCCCCCCC)Oc2ccccc21. The van der Waals surface area contributed by atoms with Crippen molar-refractivity contribution in [2.24, 2.45) is 0 Å². The van der Waals surface area contributed by atoms with E-state index in [1.165, 1.54) is 217 Å². The van der Waals surface area contributed by atoms with Crippen LogP contribution in [0.5, 0.6) is 5.75 Å². The number of hydrogen-bond acceptors (Lipinski definition) is 3. The van der Waals surface area contributed by atoms with Gasteiger partial charge in [-0.1, -0.05) is 224 Å². The monoisotopic (exact) mass is 782 g/mol. The average molecular weight is 782 g/mol. The molecule has 0 radical (unpaired) electrons. The van der Waals surface area contributed by atoms with Crippen molar-refractivity contribution < 1.29 is 13.7 Å². The third-order valence-electron chi connectivity index (χ3n) is 12.2. The molecule has 4 rings (SSSR count). The van der Waals surface area contributed by atoms with Gasteiger partial charge < -0.3 is 14.1 Å². The maximum atomic E-state index is 6.39. The van der Waals surface area contributed by atoms with Crippen LogP contribution in [0.15, 0.2) is 71.0 Å². The van der Waals surface area contributed by atoms with Gasteiger partial charge in [0.2, 0.25) is 11.5 Å². The molecular weight excluding hydrogens is 697 g/mol. The van der Waals surface area contributed by atoms with Crippen molar-refractivity contribution >= 4 is 22.9 Å². The van der Waals surface area contributed by atoms with Crippen LogP contribution in [0.25, 0.3) is 17.2 Å². The number of para-hydroxylation sites is 4. The van der Waals surface area contributed by atoms with Crippen molar-refractivity contribution in [1.29, 1.82) is 0 Å². The Bertz CT molecular complexity index is 1490. The smallest absolute Gasteiger partial charge is 0.374 e. The third-order valence-corrected chi connectivity index (χ3v) is 12.2. The Labute approximate surface area is 350 Å². The predicted octanol–water partition coefficient (Wildman–Crippen LogP) is 17.0. The number of oxazole rings is 1. The maximum absolute atomic E-state index is 6.39. The molecule has 0 bridgehead atoms. The minimum absolute atomic E-state index is 0.911. The van der Waals surface area contributed by atoms with Crippen LogP contribution in [0.4, 0.5) is 5.69 Å². The summed E-state index contributed by atoms with van der Waals surface area (Å²) in [6.45, 7) is 6.57. The van der Waals surface area contributed by atoms with Gasteiger partial charge in [0.1, 0.15) is 0 Å². The predicted molar refractivity (Wildman–Crippen MR) is 247 cm³/mol. The molecule has 1 aliphatic heterocycles. The van der Waals surface area contributed by atoms with E-state index in [9.17, 15) is 0 Å². The van der Waals surface area contributed by atoms with E-state index in [1.807, 2.05) is 0 Å². The lowest BCUT2D eigenvalue weighted by Crippen LogP contribution is -2.35. The minimum Gasteiger partial charge on any atom is -0.439 e. The second-order valence-corrected chi connectivity index (χ2v) is 17.3. The average Bonchev–Trinajstić information content (AvgIpc) is 3.77. The summed E-state index contributed by atoms with van der Waals surface area (Å²) in [5.41, 5.74) is 3.32. The molecule has 0 aliphatic carbocycles. The normalized spacial score (nSPS) is 13.4. The molecule has 0 unspecified atom stereocenters. The number of aryl methyl sites for hydroxylation is 1. The first kappa shape index (κ1) is 46.7. The van der Waals surface area contributed by atoms with Crippen LogP contribution in [0.1, 0.15) is 225 Å². The number of hydrogen-bond donors (Lipinski definition) is 0. The minimum atomic E-state index is 0.911. The van der Waals surface area contributed by atoms with Crippen molar-refractivity contribution in [3.63, 3.8) is 0 Å². The summed E-state index contributed by atoms with van der Waals surface area (Å²) >= 11 is 0. The lowest BCUT2D eigenvalue weighted by Gasteiger charge is -2.18. The van der Waals surface area contributed by atoms with E-state index in [4.69, 9.17) is 9.15 Å². The number of anilines is 1. The molecule has 4 nitrogen and oxygen atoms in total. The standard InChI is InChI=1S/C53H85N2O2/c1-3-5-7-9-11-13-15-17-19-21-23-25-27-29-31-37-46-54-48-40-33-35-42-50(48)56-52(54)44-39-45-53-55(49-41-34-36-43-51(49)57-53)47-38-32-30-28-26-24-22-20-18-16-14-12-10-8-6-4-2/h33-36,39-45H,3-32,37-38,46-47H2,1-2H3/q+1. The van der Waals surface area contributed by atoms with Gasteiger partial charge in [0.25, 0.3) is 5.52 Å². The molecule has 57 heavy (non-hydrogen) atoms. The number of fused-ring (bicyclic) bond motifs is 2. The van der Waals surface area contributed by atoms with Crippen molar-refractivity contribution in [3.8, 4) is 5.75 Å². The second kappa shape index (κ2) is 31.0. The van der Waals surface area contributed by atoms with Crippen LogP contribution in [-0.2, 0) is 6.54 Å². The van der Waals surface area contributed by atoms with Gasteiger partial charge in [-0.05, 0) is 43.2 Å². The molecule has 0 fully saturated rings. The van der Waals surface area contributed by atoms with Crippen LogP contribution >= 0.6 is 0 Å². The van der Waals surface area contributed by atoms with Crippen molar-refractivity contribution in [1.82, 2.24) is 0 Å². The van der Waals surface area contributed by atoms with E-state index in [1.54, 1.807) is 0 Å². The summed E-state index contributed by atoms with van der Waals surface area (Å²) in [5.74, 6) is 2.78. The molecule has 0 N–H and O–H groups in total. The van der Waals surface area contributed by atoms with E-state index in [-0.39, 0.29) is 0 Å². The third kappa shape index (κ3) is 19.1. The number of ether oxygens (including phenoxy) is 1. The van der Waals surface area contributed by atoms with E-state index < -0.39 is 0 Å². The lowest BCUT2D eigenvalue weighted by molar-refractivity contribution is -0.678. The molecule has 2 aromatic carbocycles. The van der Waals surface area contributed by atoms with Gasteiger partial charge in [-0.15, -0.1) is 0 Å². The maximum Gasteiger partial charge on any atom is 0.374 e. The highest BCUT2D eigenvalue weighted by molar-refractivity contribution is 5.70. The van der Waals surface area contributed by atoms with Crippen LogP contribution in [0.3, 0.4) is 0 Å². The Balaban J connectivity index is 1.12. The van der Waals surface area contributed by atoms with E-state index in [2.05, 4.69) is 90.1 Å². The van der Waals surface area contributed by atoms with E-state index in [0.29, 0.717) is 0 Å². The summed E-state index contributed by atoms with van der Waals surface area (Å²) in [6.07, 6.45) is 50.9. The van der Waals surface area contributed by atoms with Gasteiger partial charge in [0.15, 0.2) is 12.3 Å². The molecule has 0 saturated heterocycles. The lowest BCUT2D eigenvalue weighted by atomic mass is 10.0. The quantitative estimate of drug-likeness (QED) is 0.0435. The van der Waals surface area contributed by atoms with E-state index >= 15 is 0 Å². The molecule has 0 saturated carbocycles. The van der Waals surface area contributed by atoms with Crippen LogP contribution in [0.2, 0.25) is 0 Å². The molecule has 1 aromatic heterocycles. The topological polar surface area (TPSA) is 29.5 Å². The number of aromatic nitrogens is 1. The fourth-order valence-corrected chi connectivity index (χ4v) is 8.66. The molecule has 0 spiro atoms. The Kier molecular flexibility index (Phi) is 25.4. The number of nitrogens with zero attached hydrogens (tertiary/aromatic N) is 2. The Hall–Kier alpha value is -3.01. The first-order valence-electron chi connectivity index (χ1n) is 24.7. The molecule has 0 amide bonds. The number of unbranched alkanes of at least 4 members (excludes halogenated alkanes) is 30. The van der Waals surface area contributed by atoms with Gasteiger partial charge in [0.05, 0.1) is 11.8 Å². The Morgan fingerprint density at radius 2 is 0.930 bits per heavy atom. The zero-order valence-corrected chi connectivity index (χ0v) is 37.1. The highest BCUT2D eigenvalue weighted by atomic mass is 16.5. The van der Waals surface area contributed by atoms with Crippen molar-refractivity contribution in [2.45, 2.75) is 226 Å². The molecule has 3 aromatic rings. The van der Waals surface area contributed by atoms with Crippen LogP contribution in [-0.4, -0.2) is 6.54 Å². The number of benzene rings is 2. The van der Waals surface area contributed by atoms with Crippen LogP contribution in [0, 0.1) is 0 Å². The first-order chi connectivity index (χ1) is 28.3. The summed E-state index contributed by atoms with van der Waals surface area (Å²) in [5, 5.41) is 0. The molecule has 4 heteroatoms. The van der Waals surface area contributed by atoms with Gasteiger partial charge >= 0.3 is 5.89 Å². The number of rotatable bonds is 36. The Morgan fingerprint density at radius 1 is 0.491 bits per heavy atom. The fraction of sp³-hybridized carbons (Fsp3) is 0.679. The largest absolute Gasteiger partial charge is 0.439 e.